The summed E-state index contributed by atoms with van der Waals surface area (Å²) in [4.78, 5) is 29.1. The number of carbonyl (C=O) groups is 2. The molecule has 1 aliphatic heterocycles. The highest BCUT2D eigenvalue weighted by molar-refractivity contribution is 5.93. The molecule has 1 fully saturated rings. The maximum atomic E-state index is 12.3. The van der Waals surface area contributed by atoms with E-state index < -0.39 is 0 Å². The van der Waals surface area contributed by atoms with Gasteiger partial charge in [-0.15, -0.1) is 0 Å². The van der Waals surface area contributed by atoms with Crippen molar-refractivity contribution in [2.24, 2.45) is 0 Å². The fourth-order valence-electron chi connectivity index (χ4n) is 2.76. The van der Waals surface area contributed by atoms with Crippen molar-refractivity contribution in [2.45, 2.75) is 18.4 Å². The van der Waals surface area contributed by atoms with Crippen molar-refractivity contribution in [3.05, 3.63) is 29.6 Å². The number of carbonyl (C=O) groups excluding carboxylic acids is 1. The largest absolute Gasteiger partial charge is 0.483 e. The number of hydrogen-bond acceptors (Lipinski definition) is 6. The van der Waals surface area contributed by atoms with E-state index in [4.69, 9.17) is 15.2 Å². The third-order valence-corrected chi connectivity index (χ3v) is 4.58. The number of nitrogens with one attached hydrogen (secondary N) is 1. The van der Waals surface area contributed by atoms with Crippen molar-refractivity contribution in [3.8, 4) is 6.07 Å². The van der Waals surface area contributed by atoms with Crippen molar-refractivity contribution < 1.29 is 14.7 Å². The highest BCUT2D eigenvalue weighted by Gasteiger charge is 2.36. The maximum absolute atomic E-state index is 12.3. The Morgan fingerprint density at radius 1 is 1.48 bits per heavy atom. The van der Waals surface area contributed by atoms with Crippen LogP contribution in [0.15, 0.2) is 18.3 Å². The van der Waals surface area contributed by atoms with Crippen LogP contribution in [0, 0.1) is 11.3 Å². The number of carboxylic acid groups (broad SMARTS) is 1. The van der Waals surface area contributed by atoms with Gasteiger partial charge in [0.1, 0.15) is 11.8 Å². The molecule has 0 radical (unpaired) electrons. The van der Waals surface area contributed by atoms with Gasteiger partial charge in [-0.2, -0.15) is 5.26 Å². The predicted molar refractivity (Wildman–Crippen MR) is 93.1 cm³/mol. The van der Waals surface area contributed by atoms with Gasteiger partial charge in [0.2, 0.25) is 0 Å². The fraction of sp³-hybridized carbons (Fsp3) is 0.529. The van der Waals surface area contributed by atoms with Gasteiger partial charge in [-0.05, 0) is 59.2 Å². The van der Waals surface area contributed by atoms with E-state index in [1.54, 1.807) is 12.1 Å². The Morgan fingerprint density at radius 3 is 2.52 bits per heavy atom. The molecule has 8 heteroatoms. The van der Waals surface area contributed by atoms with Crippen LogP contribution >= 0.6 is 0 Å². The minimum Gasteiger partial charge on any atom is -0.483 e. The lowest BCUT2D eigenvalue weighted by atomic mass is 9.86. The topological polar surface area (TPSA) is 110 Å². The standard InChI is InChI=1S/C16H23N5O.CH2O2/c1-20(2)16(6-8-21(3)9-7-16)12-19-15(22)13-4-5-14(10-17)18-11-13;2-1-3/h4-5,11H,6-9,12H2,1-3H3,(H,19,22);1H,(H,2,3). The maximum Gasteiger partial charge on any atom is 0.290 e. The van der Waals surface area contributed by atoms with Crippen LogP contribution in [0.25, 0.3) is 0 Å². The number of likely N-dealkylation sites (tertiary alicyclic amines) is 1. The zero-order valence-electron chi connectivity index (χ0n) is 14.9. The van der Waals surface area contributed by atoms with Crippen LogP contribution in [0.3, 0.4) is 0 Å². The minimum atomic E-state index is -0.250. The lowest BCUT2D eigenvalue weighted by Crippen LogP contribution is -2.57. The van der Waals surface area contributed by atoms with E-state index in [0.717, 1.165) is 25.9 Å². The fourth-order valence-corrected chi connectivity index (χ4v) is 2.76. The first kappa shape index (κ1) is 20.5. The molecule has 2 N–H and O–H groups in total. The number of piperidine rings is 1. The molecule has 8 nitrogen and oxygen atoms in total. The van der Waals surface area contributed by atoms with E-state index >= 15 is 0 Å². The Balaban J connectivity index is 0.000000970. The summed E-state index contributed by atoms with van der Waals surface area (Å²) in [5.74, 6) is -0.142. The molecule has 1 amide bonds. The van der Waals surface area contributed by atoms with Gasteiger partial charge in [0.15, 0.2) is 0 Å². The van der Waals surface area contributed by atoms with Crippen molar-refractivity contribution in [3.63, 3.8) is 0 Å². The Labute approximate surface area is 148 Å². The Morgan fingerprint density at radius 2 is 2.08 bits per heavy atom. The quantitative estimate of drug-likeness (QED) is 0.759. The van der Waals surface area contributed by atoms with Gasteiger partial charge in [-0.1, -0.05) is 0 Å². The first-order valence-corrected chi connectivity index (χ1v) is 7.96. The average Bonchev–Trinajstić information content (AvgIpc) is 2.62. The Bertz CT molecular complexity index is 602. The summed E-state index contributed by atoms with van der Waals surface area (Å²) < 4.78 is 0. The molecule has 0 atom stereocenters. The number of hydrogen-bond donors (Lipinski definition) is 2. The van der Waals surface area contributed by atoms with Crippen molar-refractivity contribution in [2.75, 3.05) is 40.8 Å². The van der Waals surface area contributed by atoms with Gasteiger partial charge in [-0.3, -0.25) is 9.59 Å². The van der Waals surface area contributed by atoms with Crippen molar-refractivity contribution in [1.82, 2.24) is 20.1 Å². The molecule has 1 aromatic heterocycles. The van der Waals surface area contributed by atoms with Gasteiger partial charge in [0, 0.05) is 18.3 Å². The van der Waals surface area contributed by atoms with Crippen LogP contribution in [0.2, 0.25) is 0 Å². The van der Waals surface area contributed by atoms with Gasteiger partial charge in [0.05, 0.1) is 5.56 Å². The summed E-state index contributed by atoms with van der Waals surface area (Å²) in [6.07, 6.45) is 3.51. The molecule has 0 bridgehead atoms. The van der Waals surface area contributed by atoms with Crippen molar-refractivity contribution in [1.29, 1.82) is 5.26 Å². The number of pyridine rings is 1. The number of likely N-dealkylation sites (N-methyl/N-ethyl adjacent to an activating group) is 1. The van der Waals surface area contributed by atoms with E-state index in [-0.39, 0.29) is 17.9 Å². The summed E-state index contributed by atoms with van der Waals surface area (Å²) in [6, 6.07) is 5.15. The molecule has 2 rings (SSSR count). The molecular formula is C17H25N5O3. The molecule has 0 spiro atoms. The second-order valence-electron chi connectivity index (χ2n) is 6.25. The van der Waals surface area contributed by atoms with Crippen LogP contribution in [0.4, 0.5) is 0 Å². The first-order valence-electron chi connectivity index (χ1n) is 7.96. The molecule has 0 unspecified atom stereocenters. The molecule has 25 heavy (non-hydrogen) atoms. The SMILES string of the molecule is CN1CCC(CNC(=O)c2ccc(C#N)nc2)(N(C)C)CC1.O=CO. The summed E-state index contributed by atoms with van der Waals surface area (Å²) in [6.45, 7) is 2.44. The van der Waals surface area contributed by atoms with Crippen LogP contribution < -0.4 is 5.32 Å². The van der Waals surface area contributed by atoms with Crippen LogP contribution in [-0.4, -0.2) is 78.6 Å². The molecule has 2 heterocycles. The van der Waals surface area contributed by atoms with Gasteiger partial charge >= 0.3 is 0 Å². The number of nitrogens with zero attached hydrogens (tertiary/aromatic N) is 4. The normalized spacial score (nSPS) is 16.3. The molecule has 0 saturated carbocycles. The van der Waals surface area contributed by atoms with Gasteiger partial charge in [0.25, 0.3) is 12.4 Å². The third-order valence-electron chi connectivity index (χ3n) is 4.58. The second kappa shape index (κ2) is 9.71. The average molecular weight is 347 g/mol. The lowest BCUT2D eigenvalue weighted by Gasteiger charge is -2.45. The predicted octanol–water partition coefficient (Wildman–Crippen LogP) is 0.410. The number of rotatable bonds is 4. The molecule has 1 aliphatic rings. The zero-order chi connectivity index (χ0) is 18.9. The Kier molecular flexibility index (Phi) is 7.98. The summed E-state index contributed by atoms with van der Waals surface area (Å²) in [5.41, 5.74) is 0.805. The molecule has 1 saturated heterocycles. The smallest absolute Gasteiger partial charge is 0.290 e. The molecule has 1 aromatic rings. The van der Waals surface area contributed by atoms with E-state index in [1.807, 2.05) is 6.07 Å². The van der Waals surface area contributed by atoms with E-state index in [1.165, 1.54) is 6.20 Å². The molecule has 0 aliphatic carbocycles. The van der Waals surface area contributed by atoms with Gasteiger partial charge < -0.3 is 20.2 Å². The van der Waals surface area contributed by atoms with Crippen LogP contribution in [-0.2, 0) is 4.79 Å². The first-order chi connectivity index (χ1) is 11.9. The minimum absolute atomic E-state index is 0.00218. The number of nitriles is 1. The highest BCUT2D eigenvalue weighted by Crippen LogP contribution is 2.25. The zero-order valence-corrected chi connectivity index (χ0v) is 14.9. The summed E-state index contributed by atoms with van der Waals surface area (Å²) >= 11 is 0. The van der Waals surface area contributed by atoms with E-state index in [0.29, 0.717) is 17.8 Å². The summed E-state index contributed by atoms with van der Waals surface area (Å²) in [7, 11) is 6.27. The highest BCUT2D eigenvalue weighted by atomic mass is 16.3. The Hall–Kier alpha value is -2.50. The summed E-state index contributed by atoms with van der Waals surface area (Å²) in [5, 5.41) is 18.6. The van der Waals surface area contributed by atoms with E-state index in [2.05, 4.69) is 41.2 Å². The number of aromatic nitrogens is 1. The van der Waals surface area contributed by atoms with Crippen LogP contribution in [0.1, 0.15) is 28.9 Å². The van der Waals surface area contributed by atoms with E-state index in [9.17, 15) is 4.79 Å². The van der Waals surface area contributed by atoms with Gasteiger partial charge in [-0.25, -0.2) is 4.98 Å². The molecule has 0 aromatic carbocycles. The third kappa shape index (κ3) is 5.81. The van der Waals surface area contributed by atoms with Crippen LogP contribution in [0.5, 0.6) is 0 Å². The monoisotopic (exact) mass is 347 g/mol. The lowest BCUT2D eigenvalue weighted by molar-refractivity contribution is -0.122. The molecule has 136 valence electrons. The second-order valence-corrected chi connectivity index (χ2v) is 6.25. The number of amides is 1. The van der Waals surface area contributed by atoms with Crippen molar-refractivity contribution >= 4 is 12.4 Å². The molecular weight excluding hydrogens is 322 g/mol.